The van der Waals surface area contributed by atoms with Crippen LogP contribution in [-0.4, -0.2) is 11.3 Å². The second-order valence-corrected chi connectivity index (χ2v) is 3.69. The fraction of sp³-hybridized carbons (Fsp3) is 0.0833. The average molecular weight is 285 g/mol. The topological polar surface area (TPSA) is 58.0 Å². The number of benzene rings is 1. The van der Waals surface area contributed by atoms with Crippen LogP contribution in [0.1, 0.15) is 5.56 Å². The summed E-state index contributed by atoms with van der Waals surface area (Å²) in [6.07, 6.45) is -0.627. The quantitative estimate of drug-likeness (QED) is 0.874. The molecule has 3 rings (SSSR count). The van der Waals surface area contributed by atoms with Gasteiger partial charge < -0.3 is 14.5 Å². The van der Waals surface area contributed by atoms with Crippen molar-refractivity contribution in [1.29, 1.82) is 5.26 Å². The van der Waals surface area contributed by atoms with E-state index in [1.807, 2.05) is 6.07 Å². The summed E-state index contributed by atoms with van der Waals surface area (Å²) in [5, 5.41) is 8.93. The van der Waals surface area contributed by atoms with Crippen molar-refractivity contribution in [2.45, 2.75) is 6.29 Å². The van der Waals surface area contributed by atoms with E-state index in [2.05, 4.69) is 14.5 Å². The Bertz CT molecular complexity index is 664. The summed E-state index contributed by atoms with van der Waals surface area (Å²) in [6.45, 7) is 0. The van der Waals surface area contributed by atoms with Crippen molar-refractivity contribution in [1.82, 2.24) is 4.98 Å². The summed E-state index contributed by atoms with van der Waals surface area (Å²) in [6, 6.07) is 6.51. The van der Waals surface area contributed by atoms with Crippen LogP contribution in [0.5, 0.6) is 11.5 Å². The monoisotopic (exact) mass is 284 g/mol. The predicted molar refractivity (Wildman–Crippen MR) is 64.4 cm³/mol. The second kappa shape index (κ2) is 4.44. The lowest BCUT2D eigenvalue weighted by Gasteiger charge is -2.06. The van der Waals surface area contributed by atoms with Gasteiger partial charge in [-0.05, 0) is 6.07 Å². The van der Waals surface area contributed by atoms with Crippen LogP contribution in [0, 0.1) is 11.3 Å². The minimum atomic E-state index is -3.67. The number of rotatable bonds is 1. The van der Waals surface area contributed by atoms with E-state index in [1.165, 1.54) is 12.3 Å². The molecule has 0 saturated carbocycles. The molecule has 1 aromatic heterocycles. The van der Waals surface area contributed by atoms with E-state index in [0.29, 0.717) is 16.7 Å². The normalized spacial score (nSPS) is 14.6. The zero-order chi connectivity index (χ0) is 12.8. The zero-order valence-electron chi connectivity index (χ0n) is 9.31. The third-order valence-electron chi connectivity index (χ3n) is 2.58. The van der Waals surface area contributed by atoms with Crippen LogP contribution in [0.3, 0.4) is 0 Å². The van der Waals surface area contributed by atoms with Crippen LogP contribution in [-0.2, 0) is 0 Å². The number of hydrogen-bond donors (Lipinski definition) is 1. The van der Waals surface area contributed by atoms with Gasteiger partial charge in [-0.25, -0.2) is 0 Å². The molecule has 4 nitrogen and oxygen atoms in total. The lowest BCUT2D eigenvalue weighted by atomic mass is 10.0. The molecular formula is C12H7ClF2N2O2. The molecule has 1 N–H and O–H groups in total. The highest BCUT2D eigenvalue weighted by atomic mass is 35.5. The molecule has 98 valence electrons. The van der Waals surface area contributed by atoms with E-state index in [9.17, 15) is 8.78 Å². The Kier molecular flexibility index (Phi) is 3.08. The molecule has 0 fully saturated rings. The number of para-hydroxylation sites is 1. The van der Waals surface area contributed by atoms with Crippen molar-refractivity contribution in [3.63, 3.8) is 0 Å². The first kappa shape index (κ1) is 13.2. The van der Waals surface area contributed by atoms with Crippen LogP contribution in [0.2, 0.25) is 0 Å². The highest BCUT2D eigenvalue weighted by Crippen LogP contribution is 2.47. The lowest BCUT2D eigenvalue weighted by Crippen LogP contribution is -2.26. The van der Waals surface area contributed by atoms with Crippen molar-refractivity contribution in [3.8, 4) is 28.7 Å². The minimum absolute atomic E-state index is 0. The number of nitrogens with one attached hydrogen (secondary N) is 1. The SMILES string of the molecule is Cl.N#Cc1c[nH]cc1-c1cccc2c1OC(F)(F)O2. The molecule has 2 aromatic rings. The van der Waals surface area contributed by atoms with Gasteiger partial charge in [0.25, 0.3) is 0 Å². The molecule has 7 heteroatoms. The third kappa shape index (κ3) is 2.09. The third-order valence-corrected chi connectivity index (χ3v) is 2.58. The molecule has 0 saturated heterocycles. The van der Waals surface area contributed by atoms with Gasteiger partial charge >= 0.3 is 6.29 Å². The number of ether oxygens (including phenoxy) is 2. The fourth-order valence-corrected chi connectivity index (χ4v) is 1.86. The molecule has 19 heavy (non-hydrogen) atoms. The Hall–Kier alpha value is -2.26. The molecule has 1 aliphatic heterocycles. The molecule has 0 amide bonds. The van der Waals surface area contributed by atoms with E-state index >= 15 is 0 Å². The molecule has 0 spiro atoms. The number of nitrogens with zero attached hydrogens (tertiary/aromatic N) is 1. The van der Waals surface area contributed by atoms with E-state index in [1.54, 1.807) is 18.3 Å². The van der Waals surface area contributed by atoms with Crippen LogP contribution in [0.15, 0.2) is 30.6 Å². The Labute approximate surface area is 113 Å². The lowest BCUT2D eigenvalue weighted by molar-refractivity contribution is -0.286. The van der Waals surface area contributed by atoms with E-state index in [4.69, 9.17) is 5.26 Å². The summed E-state index contributed by atoms with van der Waals surface area (Å²) in [4.78, 5) is 2.75. The van der Waals surface area contributed by atoms with Crippen LogP contribution >= 0.6 is 12.4 Å². The molecule has 1 aliphatic rings. The molecule has 1 aromatic carbocycles. The van der Waals surface area contributed by atoms with Crippen molar-refractivity contribution in [2.24, 2.45) is 0 Å². The number of hydrogen-bond acceptors (Lipinski definition) is 3. The number of aromatic nitrogens is 1. The van der Waals surface area contributed by atoms with Crippen molar-refractivity contribution in [3.05, 3.63) is 36.2 Å². The summed E-state index contributed by atoms with van der Waals surface area (Å²) in [5.74, 6) is -0.0961. The zero-order valence-corrected chi connectivity index (χ0v) is 10.1. The first-order chi connectivity index (χ1) is 8.61. The van der Waals surface area contributed by atoms with Crippen molar-refractivity contribution < 1.29 is 18.3 Å². The number of fused-ring (bicyclic) bond motifs is 1. The molecule has 0 radical (unpaired) electrons. The Balaban J connectivity index is 0.00000133. The van der Waals surface area contributed by atoms with E-state index < -0.39 is 6.29 Å². The van der Waals surface area contributed by atoms with Gasteiger partial charge in [0.05, 0.1) is 5.56 Å². The highest BCUT2D eigenvalue weighted by molar-refractivity contribution is 5.85. The molecule has 0 atom stereocenters. The van der Waals surface area contributed by atoms with Crippen molar-refractivity contribution in [2.75, 3.05) is 0 Å². The summed E-state index contributed by atoms with van der Waals surface area (Å²) in [7, 11) is 0. The molecule has 0 unspecified atom stereocenters. The van der Waals surface area contributed by atoms with E-state index in [-0.39, 0.29) is 23.9 Å². The number of aromatic amines is 1. The summed E-state index contributed by atoms with van der Waals surface area (Å²) < 4.78 is 34.9. The first-order valence-electron chi connectivity index (χ1n) is 5.07. The maximum absolute atomic E-state index is 13.0. The van der Waals surface area contributed by atoms with Gasteiger partial charge in [-0.15, -0.1) is 21.2 Å². The van der Waals surface area contributed by atoms with Crippen LogP contribution in [0.25, 0.3) is 11.1 Å². The van der Waals surface area contributed by atoms with E-state index in [0.717, 1.165) is 0 Å². The standard InChI is InChI=1S/C12H6F2N2O2.ClH/c13-12(14)17-10-3-1-2-8(11(10)18-12)9-6-16-5-7(9)4-15;/h1-3,5-6,16H;1H. The van der Waals surface area contributed by atoms with Gasteiger partial charge in [0.1, 0.15) is 6.07 Å². The Morgan fingerprint density at radius 3 is 2.68 bits per heavy atom. The van der Waals surface area contributed by atoms with Gasteiger partial charge in [-0.1, -0.05) is 12.1 Å². The highest BCUT2D eigenvalue weighted by Gasteiger charge is 2.44. The number of alkyl halides is 2. The fourth-order valence-electron chi connectivity index (χ4n) is 1.86. The summed E-state index contributed by atoms with van der Waals surface area (Å²) >= 11 is 0. The maximum Gasteiger partial charge on any atom is 0.586 e. The van der Waals surface area contributed by atoms with Gasteiger partial charge in [0.15, 0.2) is 11.5 Å². The number of nitriles is 1. The first-order valence-corrected chi connectivity index (χ1v) is 5.07. The Morgan fingerprint density at radius 2 is 1.95 bits per heavy atom. The molecule has 2 heterocycles. The van der Waals surface area contributed by atoms with Gasteiger partial charge in [0.2, 0.25) is 0 Å². The van der Waals surface area contributed by atoms with Crippen LogP contribution in [0.4, 0.5) is 8.78 Å². The van der Waals surface area contributed by atoms with Crippen LogP contribution < -0.4 is 9.47 Å². The number of halogens is 3. The number of H-pyrrole nitrogens is 1. The maximum atomic E-state index is 13.0. The smallest absolute Gasteiger partial charge is 0.395 e. The average Bonchev–Trinajstić information content (AvgIpc) is 2.89. The largest absolute Gasteiger partial charge is 0.586 e. The van der Waals surface area contributed by atoms with Gasteiger partial charge in [-0.3, -0.25) is 0 Å². The molecule has 0 aliphatic carbocycles. The predicted octanol–water partition coefficient (Wildman–Crippen LogP) is 3.30. The van der Waals surface area contributed by atoms with Gasteiger partial charge in [0, 0.05) is 23.5 Å². The molecular weight excluding hydrogens is 278 g/mol. The Morgan fingerprint density at radius 1 is 1.16 bits per heavy atom. The summed E-state index contributed by atoms with van der Waals surface area (Å²) in [5.41, 5.74) is 1.24. The van der Waals surface area contributed by atoms with Crippen molar-refractivity contribution >= 4 is 12.4 Å². The second-order valence-electron chi connectivity index (χ2n) is 3.69. The van der Waals surface area contributed by atoms with Gasteiger partial charge in [-0.2, -0.15) is 5.26 Å². The molecule has 0 bridgehead atoms. The minimum Gasteiger partial charge on any atom is -0.395 e.